The van der Waals surface area contributed by atoms with Crippen molar-refractivity contribution in [1.29, 1.82) is 0 Å². The Hall–Kier alpha value is -2.31. The van der Waals surface area contributed by atoms with Gasteiger partial charge in [0.25, 0.3) is 0 Å². The fourth-order valence-corrected chi connectivity index (χ4v) is 4.37. The van der Waals surface area contributed by atoms with E-state index in [0.29, 0.717) is 11.1 Å². The van der Waals surface area contributed by atoms with E-state index in [0.717, 1.165) is 34.3 Å². The van der Waals surface area contributed by atoms with E-state index in [2.05, 4.69) is 49.7 Å². The Morgan fingerprint density at radius 1 is 1.11 bits per heavy atom. The van der Waals surface area contributed by atoms with Gasteiger partial charge in [0.1, 0.15) is 12.2 Å². The number of aromatic nitrogens is 5. The van der Waals surface area contributed by atoms with Crippen LogP contribution in [0.25, 0.3) is 11.0 Å². The van der Waals surface area contributed by atoms with E-state index in [1.54, 1.807) is 11.8 Å². The van der Waals surface area contributed by atoms with Crippen LogP contribution < -0.4 is 0 Å². The van der Waals surface area contributed by atoms with E-state index in [-0.39, 0.29) is 0 Å². The van der Waals surface area contributed by atoms with Gasteiger partial charge in [-0.2, -0.15) is 0 Å². The minimum atomic E-state index is 0.574. The molecule has 0 N–H and O–H groups in total. The molecule has 0 saturated heterocycles. The minimum Gasteiger partial charge on any atom is -0.323 e. The Kier molecular flexibility index (Phi) is 4.38. The molecule has 5 nitrogen and oxygen atoms in total. The van der Waals surface area contributed by atoms with Crippen LogP contribution in [0, 0.1) is 0 Å². The Morgan fingerprint density at radius 3 is 2.78 bits per heavy atom. The fourth-order valence-electron chi connectivity index (χ4n) is 3.27. The van der Waals surface area contributed by atoms with Crippen LogP contribution in [-0.4, -0.2) is 24.3 Å². The van der Waals surface area contributed by atoms with Crippen molar-refractivity contribution in [3.63, 3.8) is 0 Å². The highest BCUT2D eigenvalue weighted by molar-refractivity contribution is 7.98. The second kappa shape index (κ2) is 7.02. The summed E-state index contributed by atoms with van der Waals surface area (Å²) in [7, 11) is 0. The zero-order valence-corrected chi connectivity index (χ0v) is 16.2. The molecule has 0 unspecified atom stereocenters. The van der Waals surface area contributed by atoms with Crippen molar-refractivity contribution in [2.45, 2.75) is 36.3 Å². The van der Waals surface area contributed by atoms with Crippen molar-refractivity contribution in [2.75, 3.05) is 0 Å². The molecule has 1 saturated carbocycles. The van der Waals surface area contributed by atoms with Gasteiger partial charge in [0.2, 0.25) is 0 Å². The van der Waals surface area contributed by atoms with E-state index in [1.807, 2.05) is 24.5 Å². The molecule has 0 radical (unpaired) electrons. The second-order valence-electron chi connectivity index (χ2n) is 6.77. The number of hydrogen-bond acceptors (Lipinski definition) is 4. The molecule has 7 heteroatoms. The predicted octanol–water partition coefficient (Wildman–Crippen LogP) is 4.96. The molecule has 1 aliphatic carbocycles. The average molecular weight is 396 g/mol. The quantitative estimate of drug-likeness (QED) is 0.433. The van der Waals surface area contributed by atoms with Gasteiger partial charge in [-0.05, 0) is 36.6 Å². The maximum Gasteiger partial charge on any atom is 0.191 e. The maximum atomic E-state index is 6.19. The van der Waals surface area contributed by atoms with Crippen LogP contribution in [0.15, 0.2) is 60.0 Å². The van der Waals surface area contributed by atoms with Gasteiger partial charge in [-0.1, -0.05) is 53.7 Å². The lowest BCUT2D eigenvalue weighted by atomic mass is 10.2. The number of thioether (sulfide) groups is 1. The lowest BCUT2D eigenvalue weighted by molar-refractivity contribution is 0.662. The summed E-state index contributed by atoms with van der Waals surface area (Å²) in [4.78, 5) is 4.86. The topological polar surface area (TPSA) is 48.5 Å². The molecule has 27 heavy (non-hydrogen) atoms. The average Bonchev–Trinajstić information content (AvgIpc) is 3.33. The summed E-state index contributed by atoms with van der Waals surface area (Å²) >= 11 is 7.88. The smallest absolute Gasteiger partial charge is 0.191 e. The van der Waals surface area contributed by atoms with Crippen molar-refractivity contribution in [1.82, 2.24) is 24.3 Å². The molecule has 4 aromatic rings. The summed E-state index contributed by atoms with van der Waals surface area (Å²) in [6, 6.07) is 16.9. The van der Waals surface area contributed by atoms with E-state index >= 15 is 0 Å². The molecule has 1 fully saturated rings. The zero-order chi connectivity index (χ0) is 18.2. The van der Waals surface area contributed by atoms with Gasteiger partial charge in [0.05, 0.1) is 16.8 Å². The van der Waals surface area contributed by atoms with Crippen molar-refractivity contribution in [2.24, 2.45) is 0 Å². The molecule has 0 atom stereocenters. The molecule has 1 aliphatic rings. The number of rotatable bonds is 6. The number of imidazole rings is 1. The summed E-state index contributed by atoms with van der Waals surface area (Å²) in [5.74, 6) is 1.76. The number of nitrogens with zero attached hydrogens (tertiary/aromatic N) is 5. The van der Waals surface area contributed by atoms with Crippen LogP contribution in [0.5, 0.6) is 0 Å². The highest BCUT2D eigenvalue weighted by Gasteiger charge is 2.26. The largest absolute Gasteiger partial charge is 0.323 e. The summed E-state index contributed by atoms with van der Waals surface area (Å²) in [6.45, 7) is 0.782. The summed E-state index contributed by atoms with van der Waals surface area (Å²) < 4.78 is 4.46. The number of fused-ring (bicyclic) bond motifs is 1. The molecule has 136 valence electrons. The van der Waals surface area contributed by atoms with Gasteiger partial charge in [0.15, 0.2) is 5.16 Å². The van der Waals surface area contributed by atoms with Crippen molar-refractivity contribution < 1.29 is 0 Å². The first-order valence-corrected chi connectivity index (χ1v) is 10.4. The molecule has 0 bridgehead atoms. The van der Waals surface area contributed by atoms with E-state index in [9.17, 15) is 0 Å². The zero-order valence-electron chi connectivity index (χ0n) is 14.6. The summed E-state index contributed by atoms with van der Waals surface area (Å²) in [5.41, 5.74) is 3.28. The molecular formula is C20H18ClN5S. The SMILES string of the molecule is Clc1ccc2c(c1)nc(CSc1nncn1C1CC1)n2Cc1ccccc1. The Bertz CT molecular complexity index is 1080. The predicted molar refractivity (Wildman–Crippen MR) is 108 cm³/mol. The van der Waals surface area contributed by atoms with Crippen LogP contribution in [-0.2, 0) is 12.3 Å². The van der Waals surface area contributed by atoms with Gasteiger partial charge in [-0.3, -0.25) is 0 Å². The van der Waals surface area contributed by atoms with E-state index in [1.165, 1.54) is 18.4 Å². The standard InChI is InChI=1S/C20H18ClN5S/c21-15-6-9-18-17(10-15)23-19(25(18)11-14-4-2-1-3-5-14)12-27-20-24-22-13-26(20)16-7-8-16/h1-6,9-10,13,16H,7-8,11-12H2. The van der Waals surface area contributed by atoms with Crippen molar-refractivity contribution in [3.05, 3.63) is 71.3 Å². The molecule has 2 heterocycles. The Labute approximate surface area is 166 Å². The molecule has 0 spiro atoms. The first-order valence-electron chi connectivity index (χ1n) is 8.99. The highest BCUT2D eigenvalue weighted by Crippen LogP contribution is 2.38. The van der Waals surface area contributed by atoms with Gasteiger partial charge in [-0.25, -0.2) is 4.98 Å². The third-order valence-corrected chi connectivity index (χ3v) is 5.97. The third kappa shape index (κ3) is 3.47. The minimum absolute atomic E-state index is 0.574. The number of halogens is 1. The lowest BCUT2D eigenvalue weighted by Gasteiger charge is -2.10. The molecule has 2 aromatic heterocycles. The summed E-state index contributed by atoms with van der Waals surface area (Å²) in [5, 5.41) is 10.1. The summed E-state index contributed by atoms with van der Waals surface area (Å²) in [6.07, 6.45) is 4.28. The number of hydrogen-bond donors (Lipinski definition) is 0. The van der Waals surface area contributed by atoms with E-state index in [4.69, 9.17) is 16.6 Å². The fraction of sp³-hybridized carbons (Fsp3) is 0.250. The van der Waals surface area contributed by atoms with Crippen LogP contribution in [0.2, 0.25) is 5.02 Å². The normalized spacial score (nSPS) is 14.1. The second-order valence-corrected chi connectivity index (χ2v) is 8.15. The molecule has 5 rings (SSSR count). The first kappa shape index (κ1) is 16.8. The van der Waals surface area contributed by atoms with Gasteiger partial charge < -0.3 is 9.13 Å². The van der Waals surface area contributed by atoms with Gasteiger partial charge >= 0.3 is 0 Å². The van der Waals surface area contributed by atoms with Crippen molar-refractivity contribution in [3.8, 4) is 0 Å². The molecule has 2 aromatic carbocycles. The Morgan fingerprint density at radius 2 is 1.96 bits per heavy atom. The van der Waals surface area contributed by atoms with Gasteiger partial charge in [-0.15, -0.1) is 10.2 Å². The maximum absolute atomic E-state index is 6.19. The molecular weight excluding hydrogens is 378 g/mol. The highest BCUT2D eigenvalue weighted by atomic mass is 35.5. The Balaban J connectivity index is 1.48. The molecule has 0 amide bonds. The number of benzene rings is 2. The van der Waals surface area contributed by atoms with Crippen LogP contribution in [0.3, 0.4) is 0 Å². The first-order chi connectivity index (χ1) is 13.3. The van der Waals surface area contributed by atoms with Gasteiger partial charge in [0, 0.05) is 17.6 Å². The third-order valence-electron chi connectivity index (χ3n) is 4.78. The molecule has 0 aliphatic heterocycles. The van der Waals surface area contributed by atoms with Crippen molar-refractivity contribution >= 4 is 34.4 Å². The lowest BCUT2D eigenvalue weighted by Crippen LogP contribution is -2.05. The van der Waals surface area contributed by atoms with Crippen LogP contribution in [0.1, 0.15) is 30.3 Å². The van der Waals surface area contributed by atoms with Crippen LogP contribution in [0.4, 0.5) is 0 Å². The van der Waals surface area contributed by atoms with E-state index < -0.39 is 0 Å². The monoisotopic (exact) mass is 395 g/mol. The van der Waals surface area contributed by atoms with Crippen LogP contribution >= 0.6 is 23.4 Å².